The minimum atomic E-state index is 0.501. The summed E-state index contributed by atoms with van der Waals surface area (Å²) in [6, 6.07) is 0.501. The molecular formula is C14H27N3. The molecule has 1 rings (SSSR count). The van der Waals surface area contributed by atoms with Crippen molar-refractivity contribution in [1.29, 1.82) is 0 Å². The van der Waals surface area contributed by atoms with Crippen molar-refractivity contribution in [3.63, 3.8) is 0 Å². The summed E-state index contributed by atoms with van der Waals surface area (Å²) in [4.78, 5) is 4.42. The summed E-state index contributed by atoms with van der Waals surface area (Å²) in [6.45, 7) is 8.87. The van der Waals surface area contributed by atoms with Crippen molar-refractivity contribution in [3.05, 3.63) is 18.2 Å². The highest BCUT2D eigenvalue weighted by Crippen LogP contribution is 2.10. The van der Waals surface area contributed by atoms with E-state index in [1.807, 2.05) is 6.20 Å². The molecule has 1 atom stereocenters. The molecule has 0 fully saturated rings. The van der Waals surface area contributed by atoms with E-state index in [2.05, 4.69) is 41.8 Å². The minimum Gasteiger partial charge on any atom is -0.331 e. The lowest BCUT2D eigenvalue weighted by molar-refractivity contribution is 0.471. The normalized spacial score (nSPS) is 12.9. The van der Waals surface area contributed by atoms with Crippen molar-refractivity contribution in [2.75, 3.05) is 13.1 Å². The summed E-state index contributed by atoms with van der Waals surface area (Å²) in [5.41, 5.74) is 0. The number of aryl methyl sites for hydroxylation is 1. The molecule has 0 aromatic carbocycles. The van der Waals surface area contributed by atoms with Crippen LogP contribution in [0, 0.1) is 0 Å². The Bertz CT molecular complexity index is 293. The molecule has 1 N–H and O–H groups in total. The smallest absolute Gasteiger partial charge is 0.108 e. The van der Waals surface area contributed by atoms with Gasteiger partial charge < -0.3 is 9.88 Å². The van der Waals surface area contributed by atoms with E-state index in [0.29, 0.717) is 6.04 Å². The van der Waals surface area contributed by atoms with Crippen molar-refractivity contribution >= 4 is 0 Å². The second kappa shape index (κ2) is 8.29. The molecule has 0 aliphatic rings. The molecular weight excluding hydrogens is 210 g/mol. The van der Waals surface area contributed by atoms with Gasteiger partial charge >= 0.3 is 0 Å². The third-order valence-corrected chi connectivity index (χ3v) is 3.09. The quantitative estimate of drug-likeness (QED) is 0.669. The molecule has 3 nitrogen and oxygen atoms in total. The molecule has 1 unspecified atom stereocenters. The molecule has 0 radical (unpaired) electrons. The van der Waals surface area contributed by atoms with E-state index in [0.717, 1.165) is 25.9 Å². The van der Waals surface area contributed by atoms with Gasteiger partial charge in [-0.1, -0.05) is 26.7 Å². The van der Waals surface area contributed by atoms with Gasteiger partial charge in [0.25, 0.3) is 0 Å². The minimum absolute atomic E-state index is 0.501. The third-order valence-electron chi connectivity index (χ3n) is 3.09. The molecule has 0 bridgehead atoms. The average molecular weight is 237 g/mol. The van der Waals surface area contributed by atoms with Gasteiger partial charge in [-0.15, -0.1) is 0 Å². The Labute approximate surface area is 106 Å². The van der Waals surface area contributed by atoms with E-state index in [1.165, 1.54) is 25.1 Å². The number of aromatic nitrogens is 2. The highest BCUT2D eigenvalue weighted by molar-refractivity contribution is 4.95. The molecule has 1 aromatic heterocycles. The summed E-state index contributed by atoms with van der Waals surface area (Å²) in [5, 5.41) is 3.53. The van der Waals surface area contributed by atoms with Crippen LogP contribution < -0.4 is 5.32 Å². The van der Waals surface area contributed by atoms with Crippen molar-refractivity contribution in [1.82, 2.24) is 14.9 Å². The average Bonchev–Trinajstić information content (AvgIpc) is 2.77. The van der Waals surface area contributed by atoms with Crippen LogP contribution in [0.25, 0.3) is 0 Å². The number of nitrogens with zero attached hydrogens (tertiary/aromatic N) is 2. The van der Waals surface area contributed by atoms with E-state index in [-0.39, 0.29) is 0 Å². The molecule has 0 aliphatic heterocycles. The molecule has 17 heavy (non-hydrogen) atoms. The first kappa shape index (κ1) is 14.2. The summed E-state index contributed by atoms with van der Waals surface area (Å²) < 4.78 is 2.30. The number of imidazole rings is 1. The van der Waals surface area contributed by atoms with Crippen LogP contribution in [0.3, 0.4) is 0 Å². The zero-order valence-corrected chi connectivity index (χ0v) is 11.6. The molecule has 0 amide bonds. The number of hydrogen-bond acceptors (Lipinski definition) is 2. The summed E-state index contributed by atoms with van der Waals surface area (Å²) >= 11 is 0. The summed E-state index contributed by atoms with van der Waals surface area (Å²) in [5.74, 6) is 1.22. The predicted molar refractivity (Wildman–Crippen MR) is 73.3 cm³/mol. The number of nitrogens with one attached hydrogen (secondary N) is 1. The molecule has 1 aromatic rings. The Kier molecular flexibility index (Phi) is 6.94. The summed E-state index contributed by atoms with van der Waals surface area (Å²) in [7, 11) is 0. The van der Waals surface area contributed by atoms with E-state index in [4.69, 9.17) is 0 Å². The Morgan fingerprint density at radius 2 is 2.12 bits per heavy atom. The van der Waals surface area contributed by atoms with Gasteiger partial charge in [0.15, 0.2) is 0 Å². The van der Waals surface area contributed by atoms with E-state index in [9.17, 15) is 0 Å². The summed E-state index contributed by atoms with van der Waals surface area (Å²) in [6.07, 6.45) is 10.2. The van der Waals surface area contributed by atoms with Crippen LogP contribution in [0.5, 0.6) is 0 Å². The molecule has 3 heteroatoms. The van der Waals surface area contributed by atoms with Crippen molar-refractivity contribution in [3.8, 4) is 0 Å². The fourth-order valence-electron chi connectivity index (χ4n) is 2.07. The van der Waals surface area contributed by atoms with Gasteiger partial charge in [-0.25, -0.2) is 4.98 Å². The second-order valence-corrected chi connectivity index (χ2v) is 4.76. The molecule has 0 saturated carbocycles. The van der Waals surface area contributed by atoms with Crippen LogP contribution in [0.15, 0.2) is 12.4 Å². The molecule has 98 valence electrons. The van der Waals surface area contributed by atoms with E-state index >= 15 is 0 Å². The molecule has 0 saturated heterocycles. The van der Waals surface area contributed by atoms with Crippen molar-refractivity contribution in [2.45, 2.75) is 58.9 Å². The van der Waals surface area contributed by atoms with Crippen LogP contribution in [0.2, 0.25) is 0 Å². The topological polar surface area (TPSA) is 29.9 Å². The lowest BCUT2D eigenvalue weighted by Gasteiger charge is -2.17. The van der Waals surface area contributed by atoms with Gasteiger partial charge in [-0.05, 0) is 26.3 Å². The first-order valence-electron chi connectivity index (χ1n) is 7.02. The number of rotatable bonds is 9. The standard InChI is InChI=1S/C14H27N3/c1-4-6-7-9-15-12-13(3)17-11-10-16-14(17)8-5-2/h10-11,13,15H,4-9,12H2,1-3H3. The highest BCUT2D eigenvalue weighted by Gasteiger charge is 2.08. The Hall–Kier alpha value is -0.830. The maximum Gasteiger partial charge on any atom is 0.108 e. The lowest BCUT2D eigenvalue weighted by Crippen LogP contribution is -2.25. The first-order chi connectivity index (χ1) is 8.29. The maximum atomic E-state index is 4.42. The van der Waals surface area contributed by atoms with Crippen LogP contribution in [-0.2, 0) is 6.42 Å². The van der Waals surface area contributed by atoms with Crippen LogP contribution >= 0.6 is 0 Å². The van der Waals surface area contributed by atoms with Gasteiger partial charge in [0, 0.05) is 31.4 Å². The largest absolute Gasteiger partial charge is 0.331 e. The monoisotopic (exact) mass is 237 g/mol. The van der Waals surface area contributed by atoms with E-state index < -0.39 is 0 Å². The SMILES string of the molecule is CCCCCNCC(C)n1ccnc1CCC. The van der Waals surface area contributed by atoms with Crippen molar-refractivity contribution in [2.24, 2.45) is 0 Å². The number of unbranched alkanes of at least 4 members (excludes halogenated alkanes) is 2. The van der Waals surface area contributed by atoms with Crippen LogP contribution in [-0.4, -0.2) is 22.6 Å². The maximum absolute atomic E-state index is 4.42. The Balaban J connectivity index is 2.30. The van der Waals surface area contributed by atoms with Gasteiger partial charge in [0.2, 0.25) is 0 Å². The predicted octanol–water partition coefficient (Wildman–Crippen LogP) is 3.18. The van der Waals surface area contributed by atoms with Crippen molar-refractivity contribution < 1.29 is 0 Å². The lowest BCUT2D eigenvalue weighted by atomic mass is 10.2. The van der Waals surface area contributed by atoms with Crippen LogP contribution in [0.4, 0.5) is 0 Å². The highest BCUT2D eigenvalue weighted by atomic mass is 15.1. The van der Waals surface area contributed by atoms with Gasteiger partial charge in [0.1, 0.15) is 5.82 Å². The third kappa shape index (κ3) is 4.90. The Morgan fingerprint density at radius 1 is 1.29 bits per heavy atom. The second-order valence-electron chi connectivity index (χ2n) is 4.76. The fraction of sp³-hybridized carbons (Fsp3) is 0.786. The zero-order chi connectivity index (χ0) is 12.5. The molecule has 1 heterocycles. The van der Waals surface area contributed by atoms with Gasteiger partial charge in [-0.3, -0.25) is 0 Å². The van der Waals surface area contributed by atoms with Gasteiger partial charge in [0.05, 0.1) is 0 Å². The molecule has 0 aliphatic carbocycles. The molecule has 0 spiro atoms. The van der Waals surface area contributed by atoms with E-state index in [1.54, 1.807) is 0 Å². The first-order valence-corrected chi connectivity index (χ1v) is 7.02. The number of hydrogen-bond donors (Lipinski definition) is 1. The zero-order valence-electron chi connectivity index (χ0n) is 11.6. The fourth-order valence-corrected chi connectivity index (χ4v) is 2.07. The van der Waals surface area contributed by atoms with Crippen LogP contribution in [0.1, 0.15) is 58.3 Å². The van der Waals surface area contributed by atoms with Gasteiger partial charge in [-0.2, -0.15) is 0 Å². The Morgan fingerprint density at radius 3 is 2.82 bits per heavy atom.